The Labute approximate surface area is 141 Å². The molecule has 0 unspecified atom stereocenters. The van der Waals surface area contributed by atoms with Crippen LogP contribution in [0.25, 0.3) is 0 Å². The summed E-state index contributed by atoms with van der Waals surface area (Å²) in [6, 6.07) is 8.22. The molecule has 0 spiro atoms. The van der Waals surface area contributed by atoms with Crippen LogP contribution in [-0.2, 0) is 20.7 Å². The summed E-state index contributed by atoms with van der Waals surface area (Å²) >= 11 is 0. The van der Waals surface area contributed by atoms with Crippen molar-refractivity contribution in [3.05, 3.63) is 29.8 Å². The van der Waals surface area contributed by atoms with Crippen molar-refractivity contribution in [1.29, 1.82) is 0 Å². The minimum atomic E-state index is -0.862. The molecule has 6 nitrogen and oxygen atoms in total. The van der Waals surface area contributed by atoms with Gasteiger partial charge in [-0.15, -0.1) is 0 Å². The summed E-state index contributed by atoms with van der Waals surface area (Å²) in [5, 5.41) is 11.9. The lowest BCUT2D eigenvalue weighted by Gasteiger charge is -2.32. The minimum Gasteiger partial charge on any atom is -0.481 e. The molecule has 24 heavy (non-hydrogen) atoms. The van der Waals surface area contributed by atoms with Gasteiger partial charge in [0.2, 0.25) is 5.91 Å². The molecule has 1 amide bonds. The topological polar surface area (TPSA) is 78.9 Å². The highest BCUT2D eigenvalue weighted by Gasteiger charge is 2.41. The number of nitrogens with zero attached hydrogens (tertiary/aromatic N) is 1. The molecule has 0 aromatic heterocycles. The van der Waals surface area contributed by atoms with Crippen molar-refractivity contribution in [2.45, 2.75) is 19.3 Å². The molecule has 0 radical (unpaired) electrons. The Morgan fingerprint density at radius 1 is 1.17 bits per heavy atom. The largest absolute Gasteiger partial charge is 0.481 e. The van der Waals surface area contributed by atoms with Crippen molar-refractivity contribution in [1.82, 2.24) is 5.32 Å². The Morgan fingerprint density at radius 2 is 1.88 bits per heavy atom. The molecule has 1 saturated carbocycles. The number of carboxylic acids is 1. The summed E-state index contributed by atoms with van der Waals surface area (Å²) < 4.78 is 5.40. The highest BCUT2D eigenvalue weighted by Crippen LogP contribution is 2.34. The molecule has 2 aliphatic rings. The van der Waals surface area contributed by atoms with Gasteiger partial charge in [0.05, 0.1) is 25.0 Å². The van der Waals surface area contributed by atoms with Gasteiger partial charge in [-0.25, -0.2) is 0 Å². The third-order valence-electron chi connectivity index (χ3n) is 4.97. The highest BCUT2D eigenvalue weighted by atomic mass is 16.5. The number of ether oxygens (including phenoxy) is 1. The van der Waals surface area contributed by atoms with E-state index in [-0.39, 0.29) is 11.8 Å². The maximum atomic E-state index is 12.1. The van der Waals surface area contributed by atoms with Crippen LogP contribution in [0.5, 0.6) is 0 Å². The first-order chi connectivity index (χ1) is 11.7. The van der Waals surface area contributed by atoms with Crippen molar-refractivity contribution >= 4 is 17.6 Å². The van der Waals surface area contributed by atoms with E-state index in [0.29, 0.717) is 19.4 Å². The lowest BCUT2D eigenvalue weighted by molar-refractivity contribution is -0.152. The Bertz CT molecular complexity index is 598. The molecule has 130 valence electrons. The Kier molecular flexibility index (Phi) is 5.35. The number of aliphatic carboxylic acids is 1. The van der Waals surface area contributed by atoms with Crippen LogP contribution in [0, 0.1) is 11.8 Å². The van der Waals surface area contributed by atoms with Crippen LogP contribution in [-0.4, -0.2) is 49.8 Å². The summed E-state index contributed by atoms with van der Waals surface area (Å²) in [7, 11) is 0. The highest BCUT2D eigenvalue weighted by molar-refractivity contribution is 5.86. The summed E-state index contributed by atoms with van der Waals surface area (Å²) in [6.45, 7) is 3.77. The Hall–Kier alpha value is -2.08. The number of benzene rings is 1. The number of carbonyl (C=O) groups excluding carboxylic acids is 1. The predicted octanol–water partition coefficient (Wildman–Crippen LogP) is 1.29. The van der Waals surface area contributed by atoms with E-state index in [1.165, 1.54) is 11.3 Å². The smallest absolute Gasteiger partial charge is 0.307 e. The molecule has 1 aliphatic carbocycles. The average molecular weight is 332 g/mol. The second-order valence-electron chi connectivity index (χ2n) is 6.40. The number of rotatable bonds is 6. The van der Waals surface area contributed by atoms with Gasteiger partial charge in [-0.3, -0.25) is 9.59 Å². The van der Waals surface area contributed by atoms with Crippen LogP contribution in [0.1, 0.15) is 18.4 Å². The number of para-hydroxylation sites is 1. The van der Waals surface area contributed by atoms with E-state index in [1.54, 1.807) is 0 Å². The van der Waals surface area contributed by atoms with Gasteiger partial charge in [0.1, 0.15) is 0 Å². The zero-order valence-corrected chi connectivity index (χ0v) is 13.7. The molecule has 0 bridgehead atoms. The second kappa shape index (κ2) is 7.66. The van der Waals surface area contributed by atoms with E-state index in [2.05, 4.69) is 22.3 Å². The zero-order valence-electron chi connectivity index (χ0n) is 13.7. The fourth-order valence-corrected chi connectivity index (χ4v) is 3.40. The van der Waals surface area contributed by atoms with Crippen LogP contribution < -0.4 is 10.2 Å². The molecule has 6 heteroatoms. The first kappa shape index (κ1) is 16.8. The SMILES string of the molecule is O=C(NCCc1ccccc1N1CCOCC1)[C@H]1CC[C@H]1C(=O)O. The first-order valence-corrected chi connectivity index (χ1v) is 8.58. The maximum Gasteiger partial charge on any atom is 0.307 e. The predicted molar refractivity (Wildman–Crippen MR) is 90.0 cm³/mol. The molecule has 3 rings (SSSR count). The average Bonchev–Trinajstić information content (AvgIpc) is 2.54. The number of morpholine rings is 1. The van der Waals surface area contributed by atoms with Crippen molar-refractivity contribution in [2.75, 3.05) is 37.7 Å². The molecule has 2 atom stereocenters. The van der Waals surface area contributed by atoms with Crippen LogP contribution >= 0.6 is 0 Å². The molecule has 1 aliphatic heterocycles. The lowest BCUT2D eigenvalue weighted by Crippen LogP contribution is -2.44. The normalized spacial score (nSPS) is 23.4. The van der Waals surface area contributed by atoms with E-state index in [0.717, 1.165) is 32.7 Å². The quantitative estimate of drug-likeness (QED) is 0.821. The number of carbonyl (C=O) groups is 2. The molecule has 1 aromatic carbocycles. The standard InChI is InChI=1S/C18H24N2O4/c21-17(14-5-6-15(14)18(22)23)19-8-7-13-3-1-2-4-16(13)20-9-11-24-12-10-20/h1-4,14-15H,5-12H2,(H,19,21)(H,22,23)/t14-,15+/m0/s1. The van der Waals surface area contributed by atoms with Gasteiger partial charge >= 0.3 is 5.97 Å². The monoisotopic (exact) mass is 332 g/mol. The van der Waals surface area contributed by atoms with Gasteiger partial charge in [-0.1, -0.05) is 18.2 Å². The number of hydrogen-bond donors (Lipinski definition) is 2. The molecule has 1 heterocycles. The summed E-state index contributed by atoms with van der Waals surface area (Å²) in [6.07, 6.45) is 2.02. The van der Waals surface area contributed by atoms with Crippen molar-refractivity contribution in [2.24, 2.45) is 11.8 Å². The molecule has 1 saturated heterocycles. The van der Waals surface area contributed by atoms with Gasteiger partial charge in [-0.2, -0.15) is 0 Å². The molecule has 2 fully saturated rings. The summed E-state index contributed by atoms with van der Waals surface area (Å²) in [4.78, 5) is 25.4. The van der Waals surface area contributed by atoms with Gasteiger partial charge < -0.3 is 20.1 Å². The van der Waals surface area contributed by atoms with Crippen LogP contribution in [0.2, 0.25) is 0 Å². The van der Waals surface area contributed by atoms with Crippen molar-refractivity contribution < 1.29 is 19.4 Å². The summed E-state index contributed by atoms with van der Waals surface area (Å²) in [5.41, 5.74) is 2.39. The zero-order chi connectivity index (χ0) is 16.9. The Morgan fingerprint density at radius 3 is 2.54 bits per heavy atom. The third kappa shape index (κ3) is 3.70. The van der Waals surface area contributed by atoms with Gasteiger partial charge in [0, 0.05) is 25.3 Å². The van der Waals surface area contributed by atoms with E-state index < -0.39 is 11.9 Å². The molecular formula is C18H24N2O4. The number of carboxylic acid groups (broad SMARTS) is 1. The van der Waals surface area contributed by atoms with Crippen LogP contribution in [0.3, 0.4) is 0 Å². The molecule has 2 N–H and O–H groups in total. The number of nitrogens with one attached hydrogen (secondary N) is 1. The van der Waals surface area contributed by atoms with E-state index in [1.807, 2.05) is 12.1 Å². The van der Waals surface area contributed by atoms with Crippen LogP contribution in [0.15, 0.2) is 24.3 Å². The Balaban J connectivity index is 1.53. The lowest BCUT2D eigenvalue weighted by atomic mass is 9.73. The molecular weight excluding hydrogens is 308 g/mol. The van der Waals surface area contributed by atoms with E-state index in [9.17, 15) is 9.59 Å². The van der Waals surface area contributed by atoms with Crippen molar-refractivity contribution in [3.63, 3.8) is 0 Å². The minimum absolute atomic E-state index is 0.127. The maximum absolute atomic E-state index is 12.1. The van der Waals surface area contributed by atoms with Crippen molar-refractivity contribution in [3.8, 4) is 0 Å². The summed E-state index contributed by atoms with van der Waals surface area (Å²) in [5.74, 6) is -1.86. The fourth-order valence-electron chi connectivity index (χ4n) is 3.40. The fraction of sp³-hybridized carbons (Fsp3) is 0.556. The number of hydrogen-bond acceptors (Lipinski definition) is 4. The first-order valence-electron chi connectivity index (χ1n) is 8.58. The number of anilines is 1. The van der Waals surface area contributed by atoms with E-state index >= 15 is 0 Å². The van der Waals surface area contributed by atoms with Gasteiger partial charge in [0.25, 0.3) is 0 Å². The van der Waals surface area contributed by atoms with Gasteiger partial charge in [0.15, 0.2) is 0 Å². The van der Waals surface area contributed by atoms with E-state index in [4.69, 9.17) is 9.84 Å². The van der Waals surface area contributed by atoms with Crippen LogP contribution in [0.4, 0.5) is 5.69 Å². The number of amides is 1. The second-order valence-corrected chi connectivity index (χ2v) is 6.40. The molecule has 1 aromatic rings. The third-order valence-corrected chi connectivity index (χ3v) is 4.97. The van der Waals surface area contributed by atoms with Gasteiger partial charge in [-0.05, 0) is 30.9 Å².